The highest BCUT2D eigenvalue weighted by Crippen LogP contribution is 2.09. The van der Waals surface area contributed by atoms with E-state index in [1.165, 1.54) is 7.05 Å². The Hall–Kier alpha value is -1.43. The fourth-order valence-corrected chi connectivity index (χ4v) is 1.50. The number of amides is 2. The highest BCUT2D eigenvalue weighted by Gasteiger charge is 2.35. The number of hydrogen-bond acceptors (Lipinski definition) is 5. The number of unbranched alkanes of at least 4 members (excludes halogenated alkanes) is 1. The molecule has 0 aromatic carbocycles. The van der Waals surface area contributed by atoms with Gasteiger partial charge in [-0.15, -0.1) is 0 Å². The van der Waals surface area contributed by atoms with Gasteiger partial charge in [0.05, 0.1) is 25.6 Å². The summed E-state index contributed by atoms with van der Waals surface area (Å²) in [5.74, 6) is -0.920. The summed E-state index contributed by atoms with van der Waals surface area (Å²) < 4.78 is 4.92. The number of likely N-dealkylation sites (N-methyl/N-ethyl adjacent to an activating group) is 1. The first-order valence-corrected chi connectivity index (χ1v) is 5.75. The van der Waals surface area contributed by atoms with Crippen LogP contribution in [0.5, 0.6) is 0 Å². The zero-order chi connectivity index (χ0) is 12.8. The first-order chi connectivity index (χ1) is 8.06. The second kappa shape index (κ2) is 6.34. The number of hydrogen-bond donors (Lipinski definition) is 1. The molecule has 2 amide bonds. The van der Waals surface area contributed by atoms with Gasteiger partial charge in [0.2, 0.25) is 11.8 Å². The molecule has 1 heterocycles. The van der Waals surface area contributed by atoms with Crippen molar-refractivity contribution < 1.29 is 19.1 Å². The Morgan fingerprint density at radius 2 is 2.24 bits per heavy atom. The summed E-state index contributed by atoms with van der Waals surface area (Å²) in [6, 6.07) is -0.591. The van der Waals surface area contributed by atoms with Gasteiger partial charge in [-0.2, -0.15) is 0 Å². The zero-order valence-corrected chi connectivity index (χ0v) is 10.2. The molecule has 1 unspecified atom stereocenters. The Labute approximate surface area is 100 Å². The first kappa shape index (κ1) is 13.6. The highest BCUT2D eigenvalue weighted by molar-refractivity contribution is 6.05. The molecule has 1 atom stereocenters. The Morgan fingerprint density at radius 1 is 1.53 bits per heavy atom. The maximum Gasteiger partial charge on any atom is 0.319 e. The molecular formula is C11H18N2O4. The van der Waals surface area contributed by atoms with E-state index in [1.807, 2.05) is 6.92 Å². The Balaban J connectivity index is 2.25. The van der Waals surface area contributed by atoms with E-state index in [0.29, 0.717) is 6.61 Å². The number of ether oxygens (including phenoxy) is 1. The van der Waals surface area contributed by atoms with Crippen LogP contribution in [0.2, 0.25) is 0 Å². The van der Waals surface area contributed by atoms with Crippen LogP contribution in [-0.2, 0) is 19.1 Å². The van der Waals surface area contributed by atoms with Crippen molar-refractivity contribution in [1.29, 1.82) is 0 Å². The van der Waals surface area contributed by atoms with Gasteiger partial charge in [-0.25, -0.2) is 0 Å². The summed E-state index contributed by atoms with van der Waals surface area (Å²) in [4.78, 5) is 35.0. The number of esters is 1. The average molecular weight is 242 g/mol. The molecule has 1 saturated heterocycles. The van der Waals surface area contributed by atoms with Crippen LogP contribution in [0.4, 0.5) is 0 Å². The van der Waals surface area contributed by atoms with Crippen LogP contribution in [0.3, 0.4) is 0 Å². The number of nitrogens with one attached hydrogen (secondary N) is 1. The molecule has 1 aliphatic heterocycles. The SMILES string of the molecule is CCCCOC(=O)CNC1CC(=O)N(C)C1=O. The van der Waals surface area contributed by atoms with Crippen LogP contribution in [0, 0.1) is 0 Å². The van der Waals surface area contributed by atoms with Gasteiger partial charge >= 0.3 is 5.97 Å². The minimum absolute atomic E-state index is 0.0404. The summed E-state index contributed by atoms with van der Waals surface area (Å²) in [6.45, 7) is 2.36. The molecule has 0 bridgehead atoms. The van der Waals surface area contributed by atoms with Gasteiger partial charge in [-0.05, 0) is 6.42 Å². The zero-order valence-electron chi connectivity index (χ0n) is 10.2. The monoisotopic (exact) mass is 242 g/mol. The normalized spacial score (nSPS) is 19.9. The number of carbonyl (C=O) groups is 3. The lowest BCUT2D eigenvalue weighted by atomic mass is 10.2. The molecule has 17 heavy (non-hydrogen) atoms. The van der Waals surface area contributed by atoms with E-state index in [4.69, 9.17) is 4.74 Å². The standard InChI is InChI=1S/C11H18N2O4/c1-3-4-5-17-10(15)7-12-8-6-9(14)13(2)11(8)16/h8,12H,3-7H2,1-2H3. The molecule has 1 N–H and O–H groups in total. The maximum absolute atomic E-state index is 11.5. The van der Waals surface area contributed by atoms with Crippen molar-refractivity contribution in [3.63, 3.8) is 0 Å². The highest BCUT2D eigenvalue weighted by atomic mass is 16.5. The first-order valence-electron chi connectivity index (χ1n) is 5.75. The lowest BCUT2D eigenvalue weighted by molar-refractivity contribution is -0.142. The van der Waals surface area contributed by atoms with Gasteiger partial charge in [-0.3, -0.25) is 24.6 Å². The molecule has 0 aromatic heterocycles. The smallest absolute Gasteiger partial charge is 0.319 e. The number of imide groups is 1. The number of carbonyl (C=O) groups excluding carboxylic acids is 3. The van der Waals surface area contributed by atoms with Crippen LogP contribution < -0.4 is 5.32 Å². The van der Waals surface area contributed by atoms with E-state index in [2.05, 4.69) is 5.32 Å². The third-order valence-electron chi connectivity index (χ3n) is 2.64. The number of rotatable bonds is 6. The van der Waals surface area contributed by atoms with Gasteiger partial charge in [0, 0.05) is 7.05 Å². The van der Waals surface area contributed by atoms with Crippen LogP contribution >= 0.6 is 0 Å². The summed E-state index contributed by atoms with van der Waals surface area (Å²) in [5, 5.41) is 2.73. The Morgan fingerprint density at radius 3 is 2.76 bits per heavy atom. The lowest BCUT2D eigenvalue weighted by Crippen LogP contribution is -2.40. The Kier molecular flexibility index (Phi) is 5.09. The third kappa shape index (κ3) is 3.81. The third-order valence-corrected chi connectivity index (χ3v) is 2.64. The molecular weight excluding hydrogens is 224 g/mol. The van der Waals surface area contributed by atoms with E-state index in [0.717, 1.165) is 17.7 Å². The number of nitrogens with zero attached hydrogens (tertiary/aromatic N) is 1. The molecule has 6 nitrogen and oxygen atoms in total. The van der Waals surface area contributed by atoms with Crippen molar-refractivity contribution >= 4 is 17.8 Å². The second-order valence-electron chi connectivity index (χ2n) is 4.00. The molecule has 1 fully saturated rings. The minimum Gasteiger partial charge on any atom is -0.465 e. The minimum atomic E-state index is -0.591. The molecule has 0 saturated carbocycles. The fraction of sp³-hybridized carbons (Fsp3) is 0.727. The summed E-state index contributed by atoms with van der Waals surface area (Å²) in [5.41, 5.74) is 0. The summed E-state index contributed by atoms with van der Waals surface area (Å²) in [6.07, 6.45) is 1.90. The van der Waals surface area contributed by atoms with Gasteiger partial charge in [-0.1, -0.05) is 13.3 Å². The quantitative estimate of drug-likeness (QED) is 0.392. The summed E-state index contributed by atoms with van der Waals surface area (Å²) >= 11 is 0. The molecule has 0 aromatic rings. The van der Waals surface area contributed by atoms with Crippen molar-refractivity contribution in [2.24, 2.45) is 0 Å². The topological polar surface area (TPSA) is 75.7 Å². The van der Waals surface area contributed by atoms with Crippen LogP contribution in [0.25, 0.3) is 0 Å². The number of likely N-dealkylation sites (tertiary alicyclic amines) is 1. The predicted molar refractivity (Wildman–Crippen MR) is 60.1 cm³/mol. The van der Waals surface area contributed by atoms with E-state index in [1.54, 1.807) is 0 Å². The Bertz CT molecular complexity index is 317. The van der Waals surface area contributed by atoms with Crippen LogP contribution in [0.1, 0.15) is 26.2 Å². The molecule has 0 radical (unpaired) electrons. The van der Waals surface area contributed by atoms with E-state index in [-0.39, 0.29) is 24.8 Å². The largest absolute Gasteiger partial charge is 0.465 e. The van der Waals surface area contributed by atoms with Gasteiger partial charge in [0.25, 0.3) is 0 Å². The molecule has 1 aliphatic rings. The van der Waals surface area contributed by atoms with Crippen molar-refractivity contribution in [2.75, 3.05) is 20.2 Å². The molecule has 96 valence electrons. The molecule has 0 aliphatic carbocycles. The van der Waals surface area contributed by atoms with Crippen molar-refractivity contribution in [2.45, 2.75) is 32.2 Å². The molecule has 0 spiro atoms. The van der Waals surface area contributed by atoms with Crippen molar-refractivity contribution in [3.8, 4) is 0 Å². The van der Waals surface area contributed by atoms with Gasteiger partial charge < -0.3 is 4.74 Å². The molecule has 6 heteroatoms. The van der Waals surface area contributed by atoms with Crippen LogP contribution in [0.15, 0.2) is 0 Å². The van der Waals surface area contributed by atoms with Crippen molar-refractivity contribution in [1.82, 2.24) is 10.2 Å². The fourth-order valence-electron chi connectivity index (χ4n) is 1.50. The maximum atomic E-state index is 11.5. The van der Waals surface area contributed by atoms with E-state index >= 15 is 0 Å². The van der Waals surface area contributed by atoms with E-state index in [9.17, 15) is 14.4 Å². The molecule has 1 rings (SSSR count). The van der Waals surface area contributed by atoms with Gasteiger partial charge in [0.1, 0.15) is 0 Å². The van der Waals surface area contributed by atoms with Crippen molar-refractivity contribution in [3.05, 3.63) is 0 Å². The van der Waals surface area contributed by atoms with Gasteiger partial charge in [0.15, 0.2) is 0 Å². The van der Waals surface area contributed by atoms with E-state index < -0.39 is 12.0 Å². The van der Waals surface area contributed by atoms with Crippen LogP contribution in [-0.4, -0.2) is 48.9 Å². The lowest BCUT2D eigenvalue weighted by Gasteiger charge is -2.10. The predicted octanol–water partition coefficient (Wildman–Crippen LogP) is -0.323. The summed E-state index contributed by atoms with van der Waals surface area (Å²) in [7, 11) is 1.44. The average Bonchev–Trinajstić information content (AvgIpc) is 2.54. The second-order valence-corrected chi connectivity index (χ2v) is 4.00.